The van der Waals surface area contributed by atoms with Gasteiger partial charge in [-0.3, -0.25) is 0 Å². The summed E-state index contributed by atoms with van der Waals surface area (Å²) in [6, 6.07) is 9.76. The van der Waals surface area contributed by atoms with Crippen molar-refractivity contribution in [1.82, 2.24) is 9.88 Å². The summed E-state index contributed by atoms with van der Waals surface area (Å²) in [5.74, 6) is 0.795. The summed E-state index contributed by atoms with van der Waals surface area (Å²) in [7, 11) is 1.64. The number of hydrogen-bond acceptors (Lipinski definition) is 5. The number of fused-ring (bicyclic) bond motifs is 1. The van der Waals surface area contributed by atoms with Gasteiger partial charge in [0.1, 0.15) is 17.0 Å². The van der Waals surface area contributed by atoms with Gasteiger partial charge in [0, 0.05) is 43.6 Å². The Kier molecular flexibility index (Phi) is 5.45. The number of carbonyl (C=O) groups is 1. The zero-order chi connectivity index (χ0) is 20.4. The first kappa shape index (κ1) is 19.3. The number of rotatable bonds is 3. The molecule has 1 aromatic heterocycles. The number of nitrogens with zero attached hydrogens (tertiary/aromatic N) is 4. The molecule has 2 amide bonds. The molecule has 1 saturated heterocycles. The fraction of sp³-hybridized carbons (Fsp3) is 0.381. The lowest BCUT2D eigenvalue weighted by Gasteiger charge is -2.39. The van der Waals surface area contributed by atoms with E-state index in [0.717, 1.165) is 55.0 Å². The molecule has 2 aliphatic rings. The van der Waals surface area contributed by atoms with Crippen molar-refractivity contribution in [3.8, 4) is 11.8 Å². The first-order valence-corrected chi connectivity index (χ1v) is 10.0. The Hall–Kier alpha value is -2.98. The Morgan fingerprint density at radius 1 is 1.28 bits per heavy atom. The number of ether oxygens (including phenoxy) is 1. The number of piperidine rings is 1. The van der Waals surface area contributed by atoms with Gasteiger partial charge in [0.05, 0.1) is 18.4 Å². The van der Waals surface area contributed by atoms with Gasteiger partial charge in [0.25, 0.3) is 0 Å². The van der Waals surface area contributed by atoms with E-state index in [1.54, 1.807) is 13.2 Å². The van der Waals surface area contributed by atoms with Crippen LogP contribution in [-0.4, -0.2) is 48.7 Å². The maximum atomic E-state index is 12.8. The largest absolute Gasteiger partial charge is 0.497 e. The van der Waals surface area contributed by atoms with E-state index < -0.39 is 0 Å². The van der Waals surface area contributed by atoms with Crippen LogP contribution in [-0.2, 0) is 6.42 Å². The smallest absolute Gasteiger partial charge is 0.322 e. The minimum absolute atomic E-state index is 0.0583. The monoisotopic (exact) mass is 411 g/mol. The van der Waals surface area contributed by atoms with E-state index in [-0.39, 0.29) is 12.1 Å². The van der Waals surface area contributed by atoms with Gasteiger partial charge < -0.3 is 19.9 Å². The third-order valence-electron chi connectivity index (χ3n) is 5.65. The molecule has 0 atom stereocenters. The molecule has 1 N–H and O–H groups in total. The van der Waals surface area contributed by atoms with Gasteiger partial charge in [0.2, 0.25) is 0 Å². The van der Waals surface area contributed by atoms with Crippen LogP contribution >= 0.6 is 11.6 Å². The van der Waals surface area contributed by atoms with Crippen molar-refractivity contribution in [2.45, 2.75) is 25.3 Å². The number of pyridine rings is 1. The molecule has 150 valence electrons. The first-order valence-electron chi connectivity index (χ1n) is 9.64. The van der Waals surface area contributed by atoms with Gasteiger partial charge in [-0.05, 0) is 43.0 Å². The Morgan fingerprint density at radius 2 is 2.07 bits per heavy atom. The van der Waals surface area contributed by atoms with Crippen LogP contribution in [0.4, 0.5) is 16.2 Å². The van der Waals surface area contributed by atoms with Crippen molar-refractivity contribution in [2.75, 3.05) is 37.0 Å². The Balaban J connectivity index is 1.45. The summed E-state index contributed by atoms with van der Waals surface area (Å²) in [4.78, 5) is 20.9. The van der Waals surface area contributed by atoms with Crippen molar-refractivity contribution < 1.29 is 9.53 Å². The number of aromatic nitrogens is 1. The lowest BCUT2D eigenvalue weighted by Crippen LogP contribution is -2.49. The normalized spacial score (nSPS) is 17.2. The Morgan fingerprint density at radius 3 is 2.79 bits per heavy atom. The van der Waals surface area contributed by atoms with E-state index in [9.17, 15) is 10.1 Å². The predicted molar refractivity (Wildman–Crippen MR) is 112 cm³/mol. The van der Waals surface area contributed by atoms with E-state index in [1.807, 2.05) is 23.1 Å². The Bertz CT molecular complexity index is 966. The maximum absolute atomic E-state index is 12.8. The number of urea groups is 1. The van der Waals surface area contributed by atoms with Crippen LogP contribution in [0.2, 0.25) is 5.15 Å². The zero-order valence-corrected chi connectivity index (χ0v) is 16.9. The van der Waals surface area contributed by atoms with E-state index >= 15 is 0 Å². The number of nitrogens with one attached hydrogen (secondary N) is 1. The molecule has 0 radical (unpaired) electrons. The zero-order valence-electron chi connectivity index (χ0n) is 16.2. The average Bonchev–Trinajstić information content (AvgIpc) is 2.91. The second-order valence-corrected chi connectivity index (χ2v) is 7.64. The number of hydrogen-bond donors (Lipinski definition) is 1. The number of anilines is 2. The first-order chi connectivity index (χ1) is 14.1. The number of carbonyl (C=O) groups excluding carboxylic acids is 1. The molecule has 29 heavy (non-hydrogen) atoms. The van der Waals surface area contributed by atoms with Crippen molar-refractivity contribution in [3.05, 3.63) is 46.7 Å². The van der Waals surface area contributed by atoms with Crippen LogP contribution in [0.1, 0.15) is 24.0 Å². The summed E-state index contributed by atoms with van der Waals surface area (Å²) < 4.78 is 5.30. The number of benzene rings is 1. The highest BCUT2D eigenvalue weighted by atomic mass is 35.5. The van der Waals surface area contributed by atoms with Gasteiger partial charge in [-0.25, -0.2) is 9.78 Å². The second-order valence-electron chi connectivity index (χ2n) is 7.25. The molecule has 0 unspecified atom stereocenters. The topological polar surface area (TPSA) is 81.5 Å². The number of nitriles is 1. The maximum Gasteiger partial charge on any atom is 0.322 e. The summed E-state index contributed by atoms with van der Waals surface area (Å²) in [6.07, 6.45) is 3.96. The van der Waals surface area contributed by atoms with Crippen LogP contribution in [0.3, 0.4) is 0 Å². The van der Waals surface area contributed by atoms with Gasteiger partial charge in [-0.2, -0.15) is 5.26 Å². The van der Waals surface area contributed by atoms with Crippen LogP contribution in [0, 0.1) is 11.3 Å². The van der Waals surface area contributed by atoms with Gasteiger partial charge >= 0.3 is 6.03 Å². The molecule has 0 aliphatic carbocycles. The molecule has 4 rings (SSSR count). The minimum atomic E-state index is -0.0583. The average molecular weight is 412 g/mol. The second kappa shape index (κ2) is 8.18. The number of methoxy groups -OCH3 is 1. The predicted octanol–water partition coefficient (Wildman–Crippen LogP) is 3.67. The van der Waals surface area contributed by atoms with Gasteiger partial charge in [-0.15, -0.1) is 0 Å². The Labute approximate surface area is 174 Å². The molecule has 1 aromatic carbocycles. The van der Waals surface area contributed by atoms with Crippen LogP contribution in [0.15, 0.2) is 30.5 Å². The highest BCUT2D eigenvalue weighted by Crippen LogP contribution is 2.30. The SMILES string of the molecule is COc1ccc2c(c1)CCN(C1CCN(c3cc(Cl)ncc3C#N)CC1)C(=O)N2. The summed E-state index contributed by atoms with van der Waals surface area (Å²) in [5, 5.41) is 12.8. The van der Waals surface area contributed by atoms with Crippen LogP contribution < -0.4 is 15.0 Å². The summed E-state index contributed by atoms with van der Waals surface area (Å²) in [6.45, 7) is 2.18. The van der Waals surface area contributed by atoms with Gasteiger partial charge in [-0.1, -0.05) is 11.6 Å². The molecule has 0 saturated carbocycles. The van der Waals surface area contributed by atoms with Crippen molar-refractivity contribution in [1.29, 1.82) is 5.26 Å². The lowest BCUT2D eigenvalue weighted by molar-refractivity contribution is 0.177. The molecule has 0 bridgehead atoms. The van der Waals surface area contributed by atoms with Crippen molar-refractivity contribution in [2.24, 2.45) is 0 Å². The lowest BCUT2D eigenvalue weighted by atomic mass is 10.0. The fourth-order valence-corrected chi connectivity index (χ4v) is 4.24. The van der Waals surface area contributed by atoms with E-state index in [0.29, 0.717) is 17.3 Å². The molecular formula is C21H22ClN5O2. The quantitative estimate of drug-likeness (QED) is 0.779. The molecular weight excluding hydrogens is 390 g/mol. The minimum Gasteiger partial charge on any atom is -0.497 e. The van der Waals surface area contributed by atoms with Crippen LogP contribution in [0.25, 0.3) is 0 Å². The van der Waals surface area contributed by atoms with Crippen molar-refractivity contribution in [3.63, 3.8) is 0 Å². The van der Waals surface area contributed by atoms with Crippen LogP contribution in [0.5, 0.6) is 5.75 Å². The standard InChI is InChI=1S/C21H22ClN5O2/c1-29-17-2-3-18-14(10-17)4-9-27(21(28)25-18)16-5-7-26(8-6-16)19-11-20(22)24-13-15(19)12-23/h2-3,10-11,13,16H,4-9H2,1H3,(H,25,28). The highest BCUT2D eigenvalue weighted by molar-refractivity contribution is 6.29. The molecule has 2 aliphatic heterocycles. The fourth-order valence-electron chi connectivity index (χ4n) is 4.09. The molecule has 3 heterocycles. The highest BCUT2D eigenvalue weighted by Gasteiger charge is 2.30. The summed E-state index contributed by atoms with van der Waals surface area (Å²) in [5.41, 5.74) is 3.26. The van der Waals surface area contributed by atoms with E-state index in [1.165, 1.54) is 6.20 Å². The molecule has 8 heteroatoms. The van der Waals surface area contributed by atoms with E-state index in [4.69, 9.17) is 16.3 Å². The molecule has 1 fully saturated rings. The molecule has 0 spiro atoms. The van der Waals surface area contributed by atoms with E-state index in [2.05, 4.69) is 21.3 Å². The summed E-state index contributed by atoms with van der Waals surface area (Å²) >= 11 is 6.03. The number of amides is 2. The third-order valence-corrected chi connectivity index (χ3v) is 5.86. The molecule has 2 aromatic rings. The number of halogens is 1. The third kappa shape index (κ3) is 3.94. The molecule has 7 nitrogen and oxygen atoms in total. The van der Waals surface area contributed by atoms with Crippen molar-refractivity contribution >= 4 is 29.0 Å². The van der Waals surface area contributed by atoms with Gasteiger partial charge in [0.15, 0.2) is 0 Å².